The van der Waals surface area contributed by atoms with Crippen molar-refractivity contribution < 1.29 is 9.59 Å². The van der Waals surface area contributed by atoms with Crippen LogP contribution in [0, 0.1) is 11.5 Å². The van der Waals surface area contributed by atoms with Crippen LogP contribution in [-0.2, 0) is 15.0 Å². The summed E-state index contributed by atoms with van der Waals surface area (Å²) in [5.74, 6) is -0.426. The first-order chi connectivity index (χ1) is 17.8. The molecule has 196 valence electrons. The molecule has 4 rings (SSSR count). The number of carbonyl (C=O) groups is 2. The largest absolute Gasteiger partial charge is 0.351 e. The minimum Gasteiger partial charge on any atom is -0.351 e. The van der Waals surface area contributed by atoms with E-state index in [0.29, 0.717) is 24.2 Å². The molecule has 2 amide bonds. The van der Waals surface area contributed by atoms with Crippen molar-refractivity contribution in [2.24, 2.45) is 0 Å². The molecule has 1 saturated heterocycles. The highest BCUT2D eigenvalue weighted by Crippen LogP contribution is 2.33. The maximum Gasteiger partial charge on any atom is 0.251 e. The molecule has 1 unspecified atom stereocenters. The third-order valence-electron chi connectivity index (χ3n) is 7.62. The average molecular weight is 502 g/mol. The molecular formula is C30H39N5O2. The molecule has 37 heavy (non-hydrogen) atoms. The molecule has 2 aliphatic rings. The Morgan fingerprint density at radius 3 is 2.38 bits per heavy atom. The van der Waals surface area contributed by atoms with Crippen molar-refractivity contribution in [1.29, 1.82) is 5.26 Å². The summed E-state index contributed by atoms with van der Waals surface area (Å²) in [6.07, 6.45) is 13.2. The smallest absolute Gasteiger partial charge is 0.251 e. The van der Waals surface area contributed by atoms with E-state index in [-0.39, 0.29) is 23.3 Å². The Balaban J connectivity index is 1.78. The van der Waals surface area contributed by atoms with Crippen molar-refractivity contribution in [1.82, 2.24) is 15.2 Å². The lowest BCUT2D eigenvalue weighted by Gasteiger charge is -2.38. The molecule has 1 aromatic heterocycles. The topological polar surface area (TPSA) is 89.3 Å². The molecule has 2 aromatic rings. The van der Waals surface area contributed by atoms with Gasteiger partial charge in [0, 0.05) is 36.2 Å². The molecule has 1 aromatic carbocycles. The fourth-order valence-corrected chi connectivity index (χ4v) is 5.48. The second-order valence-corrected chi connectivity index (χ2v) is 11.3. The van der Waals surface area contributed by atoms with Crippen molar-refractivity contribution in [3.63, 3.8) is 0 Å². The highest BCUT2D eigenvalue weighted by Gasteiger charge is 2.40. The van der Waals surface area contributed by atoms with Gasteiger partial charge in [0.05, 0.1) is 0 Å². The van der Waals surface area contributed by atoms with Crippen molar-refractivity contribution in [3.8, 4) is 6.19 Å². The lowest BCUT2D eigenvalue weighted by molar-refractivity contribution is -0.129. The van der Waals surface area contributed by atoms with E-state index < -0.39 is 12.1 Å². The Hall–Kier alpha value is -3.40. The van der Waals surface area contributed by atoms with Crippen LogP contribution in [0.25, 0.3) is 0 Å². The third-order valence-corrected chi connectivity index (χ3v) is 7.62. The normalized spacial score (nSPS) is 19.5. The predicted molar refractivity (Wildman–Crippen MR) is 145 cm³/mol. The molecule has 7 heteroatoms. The highest BCUT2D eigenvalue weighted by molar-refractivity contribution is 6.04. The Kier molecular flexibility index (Phi) is 8.48. The van der Waals surface area contributed by atoms with E-state index in [1.165, 1.54) is 6.42 Å². The van der Waals surface area contributed by atoms with E-state index in [4.69, 9.17) is 0 Å². The first-order valence-electron chi connectivity index (χ1n) is 13.6. The highest BCUT2D eigenvalue weighted by atomic mass is 16.2. The zero-order valence-electron chi connectivity index (χ0n) is 22.3. The summed E-state index contributed by atoms with van der Waals surface area (Å²) >= 11 is 0. The molecule has 2 atom stereocenters. The number of anilines is 1. The Morgan fingerprint density at radius 2 is 1.76 bits per heavy atom. The number of aromatic nitrogens is 1. The van der Waals surface area contributed by atoms with Gasteiger partial charge in [0.15, 0.2) is 6.19 Å². The molecule has 2 fully saturated rings. The maximum atomic E-state index is 14.3. The molecule has 0 bridgehead atoms. The van der Waals surface area contributed by atoms with Gasteiger partial charge >= 0.3 is 0 Å². The van der Waals surface area contributed by atoms with Crippen LogP contribution in [-0.4, -0.2) is 40.3 Å². The quantitative estimate of drug-likeness (QED) is 0.547. The number of nitrogens with zero attached hydrogens (tertiary/aromatic N) is 4. The molecule has 1 aliphatic carbocycles. The number of carbonyl (C=O) groups excluding carboxylic acids is 2. The van der Waals surface area contributed by atoms with Crippen molar-refractivity contribution in [2.75, 3.05) is 11.4 Å². The number of benzene rings is 1. The first kappa shape index (κ1) is 26.7. The van der Waals surface area contributed by atoms with Crippen molar-refractivity contribution in [3.05, 3.63) is 59.9 Å². The summed E-state index contributed by atoms with van der Waals surface area (Å²) < 4.78 is 0. The van der Waals surface area contributed by atoms with Crippen LogP contribution < -0.4 is 10.2 Å². The number of rotatable bonds is 6. The van der Waals surface area contributed by atoms with Gasteiger partial charge in [-0.05, 0) is 61.3 Å². The number of likely N-dealkylation sites (tertiary alicyclic amines) is 1. The van der Waals surface area contributed by atoms with Crippen LogP contribution in [0.15, 0.2) is 48.8 Å². The van der Waals surface area contributed by atoms with Crippen LogP contribution in [0.5, 0.6) is 0 Å². The van der Waals surface area contributed by atoms with Gasteiger partial charge in [0.25, 0.3) is 5.91 Å². The Morgan fingerprint density at radius 1 is 1.05 bits per heavy atom. The zero-order valence-corrected chi connectivity index (χ0v) is 22.3. The standard InChI is InChI=1S/C30H39N5O2/c1-30(2,3)23-14-16-25(17-15-23)35(29(37)26-13-7-8-19-34(26)21-31)27(22-10-9-18-32-20-22)28(36)33-24-11-5-4-6-12-24/h9-10,14-18,20,24,26-27H,4-8,11-13,19H2,1-3H3,(H,33,36)/t26-,27?/m1/s1. The SMILES string of the molecule is CC(C)(C)c1ccc(N(C(=O)[C@H]2CCCCN2C#N)C(C(=O)NC2CCCCC2)c2cccnc2)cc1. The number of piperidine rings is 1. The molecule has 1 saturated carbocycles. The molecule has 1 N–H and O–H groups in total. The van der Waals surface area contributed by atoms with Gasteiger partial charge in [-0.1, -0.05) is 58.2 Å². The number of nitriles is 1. The summed E-state index contributed by atoms with van der Waals surface area (Å²) in [7, 11) is 0. The Labute approximate surface area is 220 Å². The van der Waals surface area contributed by atoms with E-state index in [1.807, 2.05) is 30.3 Å². The van der Waals surface area contributed by atoms with Gasteiger partial charge in [0.1, 0.15) is 12.1 Å². The van der Waals surface area contributed by atoms with Crippen LogP contribution in [0.1, 0.15) is 89.3 Å². The summed E-state index contributed by atoms with van der Waals surface area (Å²) in [6, 6.07) is 10.2. The molecule has 2 heterocycles. The number of nitrogens with one attached hydrogen (secondary N) is 1. The Bertz CT molecular complexity index is 1100. The summed E-state index contributed by atoms with van der Waals surface area (Å²) in [4.78, 5) is 35.7. The van der Waals surface area contributed by atoms with Crippen LogP contribution >= 0.6 is 0 Å². The van der Waals surface area contributed by atoms with Gasteiger partial charge in [-0.15, -0.1) is 0 Å². The first-order valence-corrected chi connectivity index (χ1v) is 13.6. The lowest BCUT2D eigenvalue weighted by Crippen LogP contribution is -2.54. The van der Waals surface area contributed by atoms with Gasteiger partial charge in [-0.2, -0.15) is 5.26 Å². The van der Waals surface area contributed by atoms with Gasteiger partial charge in [-0.3, -0.25) is 24.4 Å². The maximum absolute atomic E-state index is 14.3. The van der Waals surface area contributed by atoms with Crippen LogP contribution in [0.4, 0.5) is 5.69 Å². The van der Waals surface area contributed by atoms with E-state index in [2.05, 4.69) is 37.3 Å². The van der Waals surface area contributed by atoms with E-state index in [9.17, 15) is 14.9 Å². The number of hydrogen-bond donors (Lipinski definition) is 1. The molecule has 0 spiro atoms. The minimum atomic E-state index is -0.883. The van der Waals surface area contributed by atoms with Gasteiger partial charge < -0.3 is 5.32 Å². The molecule has 7 nitrogen and oxygen atoms in total. The number of amides is 2. The fourth-order valence-electron chi connectivity index (χ4n) is 5.48. The molecule has 0 radical (unpaired) electrons. The number of hydrogen-bond acceptors (Lipinski definition) is 5. The molecular weight excluding hydrogens is 462 g/mol. The monoisotopic (exact) mass is 501 g/mol. The van der Waals surface area contributed by atoms with Crippen LogP contribution in [0.2, 0.25) is 0 Å². The number of pyridine rings is 1. The second-order valence-electron chi connectivity index (χ2n) is 11.3. The van der Waals surface area contributed by atoms with Gasteiger partial charge in [0.2, 0.25) is 5.91 Å². The predicted octanol–water partition coefficient (Wildman–Crippen LogP) is 5.24. The minimum absolute atomic E-state index is 0.0462. The second kappa shape index (κ2) is 11.8. The van der Waals surface area contributed by atoms with Crippen LogP contribution in [0.3, 0.4) is 0 Å². The fraction of sp³-hybridized carbons (Fsp3) is 0.533. The van der Waals surface area contributed by atoms with Crippen molar-refractivity contribution >= 4 is 17.5 Å². The third kappa shape index (κ3) is 6.30. The van der Waals surface area contributed by atoms with E-state index in [0.717, 1.165) is 44.1 Å². The summed E-state index contributed by atoms with van der Waals surface area (Å²) in [5, 5.41) is 13.0. The van der Waals surface area contributed by atoms with E-state index >= 15 is 0 Å². The zero-order chi connectivity index (χ0) is 26.4. The average Bonchev–Trinajstić information content (AvgIpc) is 2.92. The lowest BCUT2D eigenvalue weighted by atomic mass is 9.87. The summed E-state index contributed by atoms with van der Waals surface area (Å²) in [6.45, 7) is 6.99. The summed E-state index contributed by atoms with van der Waals surface area (Å²) in [5.41, 5.74) is 2.40. The van der Waals surface area contributed by atoms with Gasteiger partial charge in [-0.25, -0.2) is 0 Å². The van der Waals surface area contributed by atoms with Crippen molar-refractivity contribution in [2.45, 2.75) is 95.7 Å². The molecule has 1 aliphatic heterocycles. The van der Waals surface area contributed by atoms with E-state index in [1.54, 1.807) is 28.3 Å².